The molecule has 1 aliphatic heterocycles. The number of likely N-dealkylation sites (N-methyl/N-ethyl adjacent to an activating group) is 1. The predicted molar refractivity (Wildman–Crippen MR) is 91.7 cm³/mol. The van der Waals surface area contributed by atoms with Gasteiger partial charge in [-0.15, -0.1) is 0 Å². The minimum atomic E-state index is -3.52. The average Bonchev–Trinajstić information content (AvgIpc) is 3.18. The second-order valence-electron chi connectivity index (χ2n) is 8.13. The van der Waals surface area contributed by atoms with E-state index < -0.39 is 39.1 Å². The Morgan fingerprint density at radius 3 is 2.62 bits per heavy atom. The van der Waals surface area contributed by atoms with Gasteiger partial charge >= 0.3 is 12.1 Å². The maximum absolute atomic E-state index is 12.3. The lowest BCUT2D eigenvalue weighted by atomic mass is 9.91. The van der Waals surface area contributed by atoms with Crippen LogP contribution in [0.1, 0.15) is 40.0 Å². The van der Waals surface area contributed by atoms with E-state index in [4.69, 9.17) is 13.7 Å². The van der Waals surface area contributed by atoms with Crippen LogP contribution in [0.5, 0.6) is 0 Å². The summed E-state index contributed by atoms with van der Waals surface area (Å²) in [4.78, 5) is 25.6. The van der Waals surface area contributed by atoms with Gasteiger partial charge in [0.25, 0.3) is 10.1 Å². The summed E-state index contributed by atoms with van der Waals surface area (Å²) in [5.74, 6) is -0.330. The Kier molecular flexibility index (Phi) is 4.98. The summed E-state index contributed by atoms with van der Waals surface area (Å²) in [6.07, 6.45) is 0.251. The molecule has 2 aliphatic carbocycles. The minimum absolute atomic E-state index is 0.0350. The third kappa shape index (κ3) is 3.31. The predicted octanol–water partition coefficient (Wildman–Crippen LogP) is 1.54. The standard InChI is InChI=1S/C17H27NO7S/c1-5-17(2,3)15(19)23-7-6-18(4)16(20)24-13-10-8-11-12(9-10)26(21,22)25-14(11)13/h10-14H,5-9H2,1-4H3. The lowest BCUT2D eigenvalue weighted by Gasteiger charge is -2.27. The Morgan fingerprint density at radius 2 is 1.96 bits per heavy atom. The van der Waals surface area contributed by atoms with Gasteiger partial charge in [0, 0.05) is 18.9 Å². The Hall–Kier alpha value is -1.35. The van der Waals surface area contributed by atoms with E-state index in [1.54, 1.807) is 7.05 Å². The van der Waals surface area contributed by atoms with Crippen molar-refractivity contribution < 1.29 is 31.7 Å². The van der Waals surface area contributed by atoms with Crippen molar-refractivity contribution in [3.8, 4) is 0 Å². The highest BCUT2D eigenvalue weighted by Gasteiger charge is 2.65. The van der Waals surface area contributed by atoms with E-state index in [1.165, 1.54) is 4.90 Å². The molecule has 26 heavy (non-hydrogen) atoms. The molecule has 3 fully saturated rings. The monoisotopic (exact) mass is 389 g/mol. The molecule has 8 nitrogen and oxygen atoms in total. The fraction of sp³-hybridized carbons (Fsp3) is 0.882. The molecule has 0 aromatic rings. The maximum Gasteiger partial charge on any atom is 0.409 e. The number of carbonyl (C=O) groups excluding carboxylic acids is 2. The number of carbonyl (C=O) groups is 2. The summed E-state index contributed by atoms with van der Waals surface area (Å²) in [5.41, 5.74) is -0.552. The van der Waals surface area contributed by atoms with Crippen molar-refractivity contribution in [2.75, 3.05) is 20.2 Å². The number of hydrogen-bond acceptors (Lipinski definition) is 7. The zero-order chi connectivity index (χ0) is 19.3. The van der Waals surface area contributed by atoms with Gasteiger partial charge in [0.05, 0.1) is 17.2 Å². The topological polar surface area (TPSA) is 99.2 Å². The number of amides is 1. The first kappa shape index (κ1) is 19.4. The summed E-state index contributed by atoms with van der Waals surface area (Å²) in [5, 5.41) is -0.438. The Labute approximate surface area is 154 Å². The number of hydrogen-bond donors (Lipinski definition) is 0. The van der Waals surface area contributed by atoms with Crippen molar-refractivity contribution >= 4 is 22.2 Å². The fourth-order valence-corrected chi connectivity index (χ4v) is 5.84. The van der Waals surface area contributed by atoms with Crippen molar-refractivity contribution in [3.63, 3.8) is 0 Å². The molecule has 0 spiro atoms. The highest BCUT2D eigenvalue weighted by molar-refractivity contribution is 7.87. The third-order valence-electron chi connectivity index (χ3n) is 6.06. The van der Waals surface area contributed by atoms with Crippen molar-refractivity contribution in [3.05, 3.63) is 0 Å². The van der Waals surface area contributed by atoms with Crippen LogP contribution in [0.4, 0.5) is 4.79 Å². The van der Waals surface area contributed by atoms with Gasteiger partial charge in [-0.1, -0.05) is 6.92 Å². The summed E-state index contributed by atoms with van der Waals surface area (Å²) in [6, 6.07) is 0. The molecule has 148 valence electrons. The van der Waals surface area contributed by atoms with Gasteiger partial charge in [-0.2, -0.15) is 8.42 Å². The number of ether oxygens (including phenoxy) is 2. The van der Waals surface area contributed by atoms with Crippen LogP contribution in [0.3, 0.4) is 0 Å². The van der Waals surface area contributed by atoms with Crippen LogP contribution < -0.4 is 0 Å². The smallest absolute Gasteiger partial charge is 0.409 e. The van der Waals surface area contributed by atoms with Crippen LogP contribution in [0, 0.1) is 17.3 Å². The van der Waals surface area contributed by atoms with E-state index in [0.717, 1.165) is 6.42 Å². The first-order chi connectivity index (χ1) is 12.1. The van der Waals surface area contributed by atoms with Crippen LogP contribution in [-0.4, -0.2) is 63.0 Å². The van der Waals surface area contributed by atoms with Crippen LogP contribution in [-0.2, 0) is 28.6 Å². The third-order valence-corrected chi connectivity index (χ3v) is 7.83. The van der Waals surface area contributed by atoms with Gasteiger partial charge < -0.3 is 14.4 Å². The molecule has 0 N–H and O–H groups in total. The van der Waals surface area contributed by atoms with Gasteiger partial charge in [0.1, 0.15) is 18.8 Å². The summed E-state index contributed by atoms with van der Waals surface area (Å²) >= 11 is 0. The van der Waals surface area contributed by atoms with Gasteiger partial charge in [-0.05, 0) is 33.1 Å². The Morgan fingerprint density at radius 1 is 1.27 bits per heavy atom. The van der Waals surface area contributed by atoms with Gasteiger partial charge in [-0.3, -0.25) is 8.98 Å². The van der Waals surface area contributed by atoms with Crippen molar-refractivity contribution in [1.29, 1.82) is 0 Å². The van der Waals surface area contributed by atoms with Crippen LogP contribution in [0.2, 0.25) is 0 Å². The second-order valence-corrected chi connectivity index (χ2v) is 9.91. The molecule has 2 saturated carbocycles. The minimum Gasteiger partial charge on any atom is -0.463 e. The SMILES string of the molecule is CCC(C)(C)C(=O)OCCN(C)C(=O)OC1C2CC3C1OS(=O)(=O)C3C2. The van der Waals surface area contributed by atoms with Gasteiger partial charge in [0.15, 0.2) is 0 Å². The molecule has 0 radical (unpaired) electrons. The van der Waals surface area contributed by atoms with Gasteiger partial charge in [-0.25, -0.2) is 4.79 Å². The lowest BCUT2D eigenvalue weighted by molar-refractivity contribution is -0.154. The lowest BCUT2D eigenvalue weighted by Crippen LogP contribution is -2.41. The van der Waals surface area contributed by atoms with E-state index in [9.17, 15) is 18.0 Å². The second kappa shape index (κ2) is 6.67. The van der Waals surface area contributed by atoms with Crippen LogP contribution in [0.15, 0.2) is 0 Å². The molecule has 0 aromatic heterocycles. The highest BCUT2D eigenvalue weighted by Crippen LogP contribution is 2.55. The Balaban J connectivity index is 1.48. The number of fused-ring (bicyclic) bond motifs is 1. The van der Waals surface area contributed by atoms with Crippen molar-refractivity contribution in [2.45, 2.75) is 57.5 Å². The van der Waals surface area contributed by atoms with Crippen molar-refractivity contribution in [2.24, 2.45) is 17.3 Å². The van der Waals surface area contributed by atoms with Crippen molar-refractivity contribution in [1.82, 2.24) is 4.90 Å². The van der Waals surface area contributed by atoms with E-state index in [1.807, 2.05) is 20.8 Å². The molecule has 1 heterocycles. The number of esters is 1. The van der Waals surface area contributed by atoms with E-state index in [-0.39, 0.29) is 31.0 Å². The number of rotatable bonds is 6. The first-order valence-electron chi connectivity index (χ1n) is 9.08. The molecule has 5 unspecified atom stereocenters. The molecule has 2 bridgehead atoms. The summed E-state index contributed by atoms with van der Waals surface area (Å²) in [7, 11) is -1.96. The number of nitrogens with zero attached hydrogens (tertiary/aromatic N) is 1. The maximum atomic E-state index is 12.3. The van der Waals surface area contributed by atoms with Crippen LogP contribution >= 0.6 is 0 Å². The van der Waals surface area contributed by atoms with E-state index >= 15 is 0 Å². The fourth-order valence-electron chi connectivity index (χ4n) is 3.96. The molecule has 3 rings (SSSR count). The molecule has 3 aliphatic rings. The summed E-state index contributed by atoms with van der Waals surface area (Å²) in [6.45, 7) is 5.82. The molecular formula is C17H27NO7S. The molecule has 0 aromatic carbocycles. The first-order valence-corrected chi connectivity index (χ1v) is 10.5. The normalized spacial score (nSPS) is 33.9. The van der Waals surface area contributed by atoms with Crippen LogP contribution in [0.25, 0.3) is 0 Å². The molecule has 9 heteroatoms. The molecule has 1 saturated heterocycles. The van der Waals surface area contributed by atoms with E-state index in [2.05, 4.69) is 0 Å². The highest BCUT2D eigenvalue weighted by atomic mass is 32.2. The average molecular weight is 389 g/mol. The Bertz CT molecular complexity index is 689. The summed E-state index contributed by atoms with van der Waals surface area (Å²) < 4.78 is 39.8. The van der Waals surface area contributed by atoms with Gasteiger partial charge in [0.2, 0.25) is 0 Å². The van der Waals surface area contributed by atoms with E-state index in [0.29, 0.717) is 12.8 Å². The molecular weight excluding hydrogens is 362 g/mol. The zero-order valence-corrected chi connectivity index (χ0v) is 16.5. The zero-order valence-electron chi connectivity index (χ0n) is 15.6. The molecule has 5 atom stereocenters. The largest absolute Gasteiger partial charge is 0.463 e. The quantitative estimate of drug-likeness (QED) is 0.502. The molecule has 1 amide bonds.